The molecule has 6 aliphatic rings. The SMILES string of the molecule is CC[C@H]1CCC[C@H](O[Si](C)(C)C(C)(C)C)[C@@H](C)C(=O)C2=C[C@H]3[C@@H]4C[C@H](O[C@@H]5O[C@@H](C)[C@H](OC)[C@@H](OC)[C@H]5OC)C[C@H]4C4CC(=O)OC4[C@H]3[C@@H]2CC(=O)O1. The summed E-state index contributed by atoms with van der Waals surface area (Å²) in [5.41, 5.74) is 0.686. The molecule has 0 radical (unpaired) electrons. The zero-order valence-electron chi connectivity index (χ0n) is 34.0. The van der Waals surface area contributed by atoms with E-state index in [2.05, 4.69) is 46.9 Å². The van der Waals surface area contributed by atoms with Gasteiger partial charge < -0.3 is 37.6 Å². The van der Waals surface area contributed by atoms with Gasteiger partial charge in [-0.25, -0.2) is 0 Å². The molecule has 6 rings (SSSR count). The highest BCUT2D eigenvalue weighted by molar-refractivity contribution is 6.74. The Labute approximate surface area is 318 Å². The van der Waals surface area contributed by atoms with E-state index in [1.807, 2.05) is 13.8 Å². The van der Waals surface area contributed by atoms with Crippen molar-refractivity contribution in [3.8, 4) is 0 Å². The number of allylic oxidation sites excluding steroid dienone is 2. The van der Waals surface area contributed by atoms with Crippen LogP contribution in [0.3, 0.4) is 0 Å². The second-order valence-electron chi connectivity index (χ2n) is 18.3. The summed E-state index contributed by atoms with van der Waals surface area (Å²) >= 11 is 0. The summed E-state index contributed by atoms with van der Waals surface area (Å²) < 4.78 is 49.9. The van der Waals surface area contributed by atoms with Gasteiger partial charge in [0.2, 0.25) is 0 Å². The summed E-state index contributed by atoms with van der Waals surface area (Å²) in [7, 11) is 2.70. The van der Waals surface area contributed by atoms with E-state index in [1.54, 1.807) is 21.3 Å². The number of hydrogen-bond acceptors (Lipinski definition) is 11. The largest absolute Gasteiger partial charge is 0.462 e. The van der Waals surface area contributed by atoms with Gasteiger partial charge in [-0.3, -0.25) is 14.4 Å². The number of Topliss-reactive ketones (excluding diaryl/α,β-unsaturated/α-hetero) is 1. The van der Waals surface area contributed by atoms with Crippen molar-refractivity contribution in [3.05, 3.63) is 11.6 Å². The van der Waals surface area contributed by atoms with Crippen molar-refractivity contribution >= 4 is 26.0 Å². The maximum absolute atomic E-state index is 14.9. The highest BCUT2D eigenvalue weighted by Gasteiger charge is 2.63. The molecule has 0 N–H and O–H groups in total. The van der Waals surface area contributed by atoms with Crippen LogP contribution in [0.1, 0.15) is 92.9 Å². The van der Waals surface area contributed by atoms with Gasteiger partial charge in [0.1, 0.15) is 30.5 Å². The highest BCUT2D eigenvalue weighted by Crippen LogP contribution is 2.61. The summed E-state index contributed by atoms with van der Waals surface area (Å²) in [4.78, 5) is 41.7. The topological polar surface area (TPSA) is 125 Å². The average Bonchev–Trinajstić information content (AvgIpc) is 3.80. The molecular weight excluding hydrogens is 697 g/mol. The summed E-state index contributed by atoms with van der Waals surface area (Å²) in [6.07, 6.45) is 3.96. The van der Waals surface area contributed by atoms with Gasteiger partial charge in [0.25, 0.3) is 0 Å². The number of esters is 2. The van der Waals surface area contributed by atoms with Crippen molar-refractivity contribution in [1.82, 2.24) is 0 Å². The van der Waals surface area contributed by atoms with Gasteiger partial charge in [-0.1, -0.05) is 40.7 Å². The van der Waals surface area contributed by atoms with Crippen LogP contribution >= 0.6 is 0 Å². The zero-order chi connectivity index (χ0) is 38.6. The lowest BCUT2D eigenvalue weighted by Crippen LogP contribution is -2.59. The number of cyclic esters (lactones) is 1. The lowest BCUT2D eigenvalue weighted by molar-refractivity contribution is -0.314. The predicted octanol–water partition coefficient (Wildman–Crippen LogP) is 6.41. The normalized spacial score (nSPS) is 43.8. The first kappa shape index (κ1) is 41.0. The molecule has 16 atom stereocenters. The van der Waals surface area contributed by atoms with Crippen LogP contribution in [0.15, 0.2) is 11.6 Å². The summed E-state index contributed by atoms with van der Waals surface area (Å²) in [6.45, 7) is 17.2. The monoisotopic (exact) mass is 762 g/mol. The number of carbonyl (C=O) groups excluding carboxylic acids is 3. The van der Waals surface area contributed by atoms with Gasteiger partial charge in [-0.2, -0.15) is 0 Å². The molecule has 300 valence electrons. The van der Waals surface area contributed by atoms with Crippen molar-refractivity contribution in [2.45, 2.75) is 166 Å². The molecule has 0 bridgehead atoms. The fourth-order valence-electron chi connectivity index (χ4n) is 10.6. The minimum atomic E-state index is -2.21. The standard InChI is InChI=1S/C41H66O11Si/c1-12-23-14-13-15-31(52-53(10,11)41(4,5)6)21(2)35(44)29-18-27-25-16-24(50-40-39(47-9)38(46-8)36(45-7)22(3)48-40)17-26(25)30-20-33(43)51-37(30)34(27)28(29)19-32(42)49-23/h18,21-28,30-31,34,36-40H,12-17,19-20H2,1-11H3/t21-,22+,23+,24+,25-,26-,27+,28-,30?,31+,34-,36+,37?,38-,39-,40+/m1/s1. The summed E-state index contributed by atoms with van der Waals surface area (Å²) in [5.74, 6) is -1.19. The van der Waals surface area contributed by atoms with Crippen molar-refractivity contribution < 1.29 is 52.0 Å². The minimum Gasteiger partial charge on any atom is -0.462 e. The Morgan fingerprint density at radius 3 is 2.15 bits per heavy atom. The average molecular weight is 763 g/mol. The third-order valence-corrected chi connectivity index (χ3v) is 18.9. The van der Waals surface area contributed by atoms with Crippen molar-refractivity contribution in [1.29, 1.82) is 0 Å². The molecule has 2 saturated carbocycles. The van der Waals surface area contributed by atoms with Crippen LogP contribution in [0.4, 0.5) is 0 Å². The van der Waals surface area contributed by atoms with E-state index in [4.69, 9.17) is 37.6 Å². The van der Waals surface area contributed by atoms with Crippen molar-refractivity contribution in [2.24, 2.45) is 41.4 Å². The van der Waals surface area contributed by atoms with Gasteiger partial charge >= 0.3 is 11.9 Å². The number of ether oxygens (including phenoxy) is 7. The molecule has 3 aliphatic heterocycles. The molecule has 0 aromatic carbocycles. The van der Waals surface area contributed by atoms with E-state index >= 15 is 0 Å². The van der Waals surface area contributed by atoms with Crippen LogP contribution in [0.2, 0.25) is 18.1 Å². The van der Waals surface area contributed by atoms with Gasteiger partial charge in [-0.05, 0) is 86.9 Å². The molecule has 3 aliphatic carbocycles. The molecule has 12 heteroatoms. The third-order valence-electron chi connectivity index (χ3n) is 14.3. The summed E-state index contributed by atoms with van der Waals surface area (Å²) in [5, 5.41) is -0.0115. The van der Waals surface area contributed by atoms with E-state index in [0.717, 1.165) is 38.5 Å². The number of rotatable bonds is 8. The first-order valence-electron chi connectivity index (χ1n) is 20.2. The number of methoxy groups -OCH3 is 3. The Balaban J connectivity index is 1.32. The summed E-state index contributed by atoms with van der Waals surface area (Å²) in [6, 6.07) is 0. The highest BCUT2D eigenvalue weighted by atomic mass is 28.4. The second-order valence-corrected chi connectivity index (χ2v) is 23.1. The molecule has 0 amide bonds. The van der Waals surface area contributed by atoms with E-state index in [0.29, 0.717) is 12.0 Å². The first-order chi connectivity index (χ1) is 25.0. The second kappa shape index (κ2) is 16.1. The Morgan fingerprint density at radius 1 is 0.849 bits per heavy atom. The van der Waals surface area contributed by atoms with Crippen LogP contribution in [0.25, 0.3) is 0 Å². The number of hydrogen-bond donors (Lipinski definition) is 0. The number of fused-ring (bicyclic) bond motifs is 8. The van der Waals surface area contributed by atoms with Crippen LogP contribution < -0.4 is 0 Å². The van der Waals surface area contributed by atoms with Gasteiger partial charge in [0, 0.05) is 45.0 Å². The van der Waals surface area contributed by atoms with Crippen molar-refractivity contribution in [3.63, 3.8) is 0 Å². The van der Waals surface area contributed by atoms with Crippen LogP contribution in [-0.2, 0) is 52.0 Å². The molecule has 0 aromatic rings. The first-order valence-corrected chi connectivity index (χ1v) is 23.2. The zero-order valence-corrected chi connectivity index (χ0v) is 35.0. The van der Waals surface area contributed by atoms with Gasteiger partial charge in [0.05, 0.1) is 31.2 Å². The van der Waals surface area contributed by atoms with Crippen LogP contribution in [0, 0.1) is 41.4 Å². The predicted molar refractivity (Wildman–Crippen MR) is 199 cm³/mol. The smallest absolute Gasteiger partial charge is 0.306 e. The quantitative estimate of drug-likeness (QED) is 0.201. The Hall–Kier alpha value is -1.67. The Morgan fingerprint density at radius 2 is 1.51 bits per heavy atom. The number of ketones is 1. The van der Waals surface area contributed by atoms with Gasteiger partial charge in [0.15, 0.2) is 20.4 Å². The molecule has 2 unspecified atom stereocenters. The molecular formula is C41H66O11Si. The van der Waals surface area contributed by atoms with Crippen molar-refractivity contribution in [2.75, 3.05) is 21.3 Å². The Kier molecular flexibility index (Phi) is 12.4. The molecule has 0 aromatic heterocycles. The molecule has 0 spiro atoms. The molecule has 3 saturated heterocycles. The van der Waals surface area contributed by atoms with E-state index in [9.17, 15) is 14.4 Å². The minimum absolute atomic E-state index is 0.0115. The molecule has 53 heavy (non-hydrogen) atoms. The van der Waals surface area contributed by atoms with Gasteiger partial charge in [-0.15, -0.1) is 0 Å². The van der Waals surface area contributed by atoms with E-state index < -0.39 is 26.6 Å². The van der Waals surface area contributed by atoms with E-state index in [-0.39, 0.29) is 107 Å². The van der Waals surface area contributed by atoms with Crippen LogP contribution in [-0.4, -0.2) is 102 Å². The molecule has 3 heterocycles. The molecule has 11 nitrogen and oxygen atoms in total. The lowest BCUT2D eigenvalue weighted by atomic mass is 9.60. The van der Waals surface area contributed by atoms with E-state index in [1.165, 1.54) is 0 Å². The third kappa shape index (κ3) is 7.85. The Bertz CT molecular complexity index is 1380. The fourth-order valence-corrected chi connectivity index (χ4v) is 12.0. The fraction of sp³-hybridized carbons (Fsp3) is 0.878. The lowest BCUT2D eigenvalue weighted by Gasteiger charge is -2.45. The van der Waals surface area contributed by atoms with Crippen LogP contribution in [0.5, 0.6) is 0 Å². The maximum atomic E-state index is 14.9. The molecule has 5 fully saturated rings. The maximum Gasteiger partial charge on any atom is 0.306 e. The number of carbonyl (C=O) groups is 3.